The molecule has 1 heterocycles. The third kappa shape index (κ3) is 3.36. The largest absolute Gasteiger partial charge is 0.389 e. The average molecular weight is 276 g/mol. The maximum Gasteiger partial charge on any atom is 0.295 e. The summed E-state index contributed by atoms with van der Waals surface area (Å²) in [5.41, 5.74) is 3.93. The van der Waals surface area contributed by atoms with E-state index in [2.05, 4.69) is 4.98 Å². The van der Waals surface area contributed by atoms with Crippen molar-refractivity contribution in [2.45, 2.75) is 18.6 Å². The van der Waals surface area contributed by atoms with Gasteiger partial charge in [0.1, 0.15) is 11.8 Å². The van der Waals surface area contributed by atoms with E-state index in [0.29, 0.717) is 0 Å². The molecule has 0 aromatic carbocycles. The predicted molar refractivity (Wildman–Crippen MR) is 60.7 cm³/mol. The van der Waals surface area contributed by atoms with Crippen molar-refractivity contribution in [1.29, 1.82) is 0 Å². The first-order chi connectivity index (χ1) is 8.32. The van der Waals surface area contributed by atoms with E-state index in [-0.39, 0.29) is 10.7 Å². The Hall–Kier alpha value is -1.77. The molecule has 0 saturated heterocycles. The normalized spacial score (nSPS) is 13.9. The Morgan fingerprint density at radius 2 is 2.22 bits per heavy atom. The Labute approximate surface area is 106 Å². The topological polar surface area (TPSA) is 140 Å². The number of aliphatic hydroxyl groups is 2. The first-order valence-corrected chi connectivity index (χ1v) is 5.15. The number of nitrogens with two attached hydrogens (primary N) is 1. The van der Waals surface area contributed by atoms with Crippen LogP contribution in [0.15, 0.2) is 12.3 Å². The molecule has 0 saturated carbocycles. The minimum absolute atomic E-state index is 0.0158. The Kier molecular flexibility index (Phi) is 4.54. The van der Waals surface area contributed by atoms with Crippen LogP contribution in [0.5, 0.6) is 0 Å². The third-order valence-corrected chi connectivity index (χ3v) is 2.32. The van der Waals surface area contributed by atoms with Crippen molar-refractivity contribution in [2.24, 2.45) is 5.73 Å². The minimum Gasteiger partial charge on any atom is -0.389 e. The van der Waals surface area contributed by atoms with E-state index in [9.17, 15) is 25.1 Å². The van der Waals surface area contributed by atoms with Gasteiger partial charge in [-0.25, -0.2) is 4.98 Å². The van der Waals surface area contributed by atoms with Gasteiger partial charge in [-0.3, -0.25) is 14.9 Å². The number of carbonyl (C=O) groups is 1. The zero-order valence-electron chi connectivity index (χ0n) is 8.99. The molecule has 18 heavy (non-hydrogen) atoms. The standard InChI is InChI=1S/C9H10ClN3O5/c10-4-1-5(13(17)18)8(12-3-4)9(16)6(14)2-7(11)15/h1,3,6,9,14,16H,2H2,(H2,11,15). The summed E-state index contributed by atoms with van der Waals surface area (Å²) in [6.07, 6.45) is -2.72. The minimum atomic E-state index is -1.70. The van der Waals surface area contributed by atoms with E-state index in [1.807, 2.05) is 0 Å². The quantitative estimate of drug-likeness (QED) is 0.507. The Bertz CT molecular complexity index is 481. The van der Waals surface area contributed by atoms with Gasteiger partial charge >= 0.3 is 0 Å². The number of carbonyl (C=O) groups excluding carboxylic acids is 1. The molecule has 2 unspecified atom stereocenters. The van der Waals surface area contributed by atoms with Crippen LogP contribution in [0, 0.1) is 10.1 Å². The van der Waals surface area contributed by atoms with Gasteiger partial charge in [0, 0.05) is 12.3 Å². The summed E-state index contributed by atoms with van der Waals surface area (Å²) in [6, 6.07) is 0.990. The second-order valence-corrected chi connectivity index (χ2v) is 3.93. The molecule has 4 N–H and O–H groups in total. The number of halogens is 1. The van der Waals surface area contributed by atoms with Gasteiger partial charge in [-0.2, -0.15) is 0 Å². The van der Waals surface area contributed by atoms with Crippen molar-refractivity contribution in [3.05, 3.63) is 33.1 Å². The SMILES string of the molecule is NC(=O)CC(O)C(O)c1ncc(Cl)cc1[N+](=O)[O-]. The van der Waals surface area contributed by atoms with E-state index < -0.39 is 35.1 Å². The molecule has 2 atom stereocenters. The zero-order valence-corrected chi connectivity index (χ0v) is 9.74. The highest BCUT2D eigenvalue weighted by Crippen LogP contribution is 2.28. The van der Waals surface area contributed by atoms with Crippen LogP contribution in [-0.2, 0) is 4.79 Å². The molecular weight excluding hydrogens is 266 g/mol. The fourth-order valence-electron chi connectivity index (χ4n) is 1.31. The van der Waals surface area contributed by atoms with Gasteiger partial charge in [0.15, 0.2) is 0 Å². The Morgan fingerprint density at radius 1 is 1.61 bits per heavy atom. The summed E-state index contributed by atoms with van der Waals surface area (Å²) in [4.78, 5) is 24.1. The molecule has 8 nitrogen and oxygen atoms in total. The molecule has 98 valence electrons. The van der Waals surface area contributed by atoms with Gasteiger partial charge < -0.3 is 15.9 Å². The number of nitrogens with zero attached hydrogens (tertiary/aromatic N) is 2. The highest BCUT2D eigenvalue weighted by atomic mass is 35.5. The molecule has 0 aliphatic rings. The molecule has 0 aliphatic carbocycles. The molecule has 1 aromatic rings. The lowest BCUT2D eigenvalue weighted by atomic mass is 10.1. The number of aliphatic hydroxyl groups excluding tert-OH is 2. The lowest BCUT2D eigenvalue weighted by Crippen LogP contribution is -2.26. The molecule has 9 heteroatoms. The summed E-state index contributed by atoms with van der Waals surface area (Å²) >= 11 is 5.54. The molecule has 0 fully saturated rings. The summed E-state index contributed by atoms with van der Waals surface area (Å²) in [5.74, 6) is -0.849. The number of pyridine rings is 1. The fourth-order valence-corrected chi connectivity index (χ4v) is 1.47. The lowest BCUT2D eigenvalue weighted by molar-refractivity contribution is -0.386. The van der Waals surface area contributed by atoms with E-state index >= 15 is 0 Å². The number of hydrogen-bond acceptors (Lipinski definition) is 6. The first kappa shape index (κ1) is 14.3. The molecular formula is C9H10ClN3O5. The van der Waals surface area contributed by atoms with Crippen molar-refractivity contribution in [1.82, 2.24) is 4.98 Å². The number of aromatic nitrogens is 1. The second kappa shape index (κ2) is 5.71. The predicted octanol–water partition coefficient (Wildman–Crippen LogP) is -0.0871. The van der Waals surface area contributed by atoms with E-state index in [1.54, 1.807) is 0 Å². The smallest absolute Gasteiger partial charge is 0.295 e. The first-order valence-electron chi connectivity index (χ1n) is 4.77. The number of nitro groups is 1. The third-order valence-electron chi connectivity index (χ3n) is 2.12. The van der Waals surface area contributed by atoms with E-state index in [0.717, 1.165) is 12.3 Å². The summed E-state index contributed by atoms with van der Waals surface area (Å²) < 4.78 is 0. The highest BCUT2D eigenvalue weighted by molar-refractivity contribution is 6.30. The summed E-state index contributed by atoms with van der Waals surface area (Å²) in [6.45, 7) is 0. The van der Waals surface area contributed by atoms with Crippen molar-refractivity contribution in [3.63, 3.8) is 0 Å². The molecule has 1 aromatic heterocycles. The monoisotopic (exact) mass is 275 g/mol. The lowest BCUT2D eigenvalue weighted by Gasteiger charge is -2.15. The van der Waals surface area contributed by atoms with Gasteiger partial charge in [0.25, 0.3) is 5.69 Å². The molecule has 1 rings (SSSR count). The van der Waals surface area contributed by atoms with Crippen LogP contribution >= 0.6 is 11.6 Å². The van der Waals surface area contributed by atoms with Gasteiger partial charge in [0.2, 0.25) is 5.91 Å². The number of amides is 1. The summed E-state index contributed by atoms with van der Waals surface area (Å²) in [7, 11) is 0. The maximum absolute atomic E-state index is 10.7. The molecule has 0 aliphatic heterocycles. The highest BCUT2D eigenvalue weighted by Gasteiger charge is 2.29. The van der Waals surface area contributed by atoms with Gasteiger partial charge in [0.05, 0.1) is 22.5 Å². The van der Waals surface area contributed by atoms with Crippen molar-refractivity contribution in [3.8, 4) is 0 Å². The number of rotatable bonds is 5. The number of hydrogen-bond donors (Lipinski definition) is 3. The van der Waals surface area contributed by atoms with E-state index in [1.165, 1.54) is 0 Å². The molecule has 0 spiro atoms. The maximum atomic E-state index is 10.7. The Balaban J connectivity index is 3.08. The number of primary amides is 1. The molecule has 1 amide bonds. The van der Waals surface area contributed by atoms with Crippen molar-refractivity contribution in [2.75, 3.05) is 0 Å². The summed E-state index contributed by atoms with van der Waals surface area (Å²) in [5, 5.41) is 29.9. The van der Waals surface area contributed by atoms with Crippen LogP contribution in [0.2, 0.25) is 5.02 Å². The Morgan fingerprint density at radius 3 is 2.72 bits per heavy atom. The average Bonchev–Trinajstić information content (AvgIpc) is 2.26. The van der Waals surface area contributed by atoms with Gasteiger partial charge in [-0.15, -0.1) is 0 Å². The second-order valence-electron chi connectivity index (χ2n) is 3.50. The van der Waals surface area contributed by atoms with Crippen LogP contribution in [0.25, 0.3) is 0 Å². The van der Waals surface area contributed by atoms with Crippen LogP contribution in [0.1, 0.15) is 18.2 Å². The zero-order chi connectivity index (χ0) is 13.9. The fraction of sp³-hybridized carbons (Fsp3) is 0.333. The van der Waals surface area contributed by atoms with Gasteiger partial charge in [-0.05, 0) is 0 Å². The van der Waals surface area contributed by atoms with Crippen molar-refractivity contribution < 1.29 is 19.9 Å². The van der Waals surface area contributed by atoms with Crippen molar-refractivity contribution >= 4 is 23.2 Å². The van der Waals surface area contributed by atoms with Gasteiger partial charge in [-0.1, -0.05) is 11.6 Å². The van der Waals surface area contributed by atoms with Crippen LogP contribution in [-0.4, -0.2) is 32.1 Å². The van der Waals surface area contributed by atoms with Crippen LogP contribution in [0.3, 0.4) is 0 Å². The molecule has 0 bridgehead atoms. The molecule has 0 radical (unpaired) electrons. The van der Waals surface area contributed by atoms with E-state index in [4.69, 9.17) is 17.3 Å². The van der Waals surface area contributed by atoms with Crippen LogP contribution in [0.4, 0.5) is 5.69 Å². The van der Waals surface area contributed by atoms with Crippen LogP contribution < -0.4 is 5.73 Å².